The van der Waals surface area contributed by atoms with E-state index in [4.69, 9.17) is 11.6 Å². The van der Waals surface area contributed by atoms with Gasteiger partial charge in [-0.25, -0.2) is 22.5 Å². The molecular weight excluding hydrogens is 381 g/mol. The lowest BCUT2D eigenvalue weighted by Crippen LogP contribution is -2.32. The molecule has 0 atom stereocenters. The summed E-state index contributed by atoms with van der Waals surface area (Å²) >= 11 is 6.11. The summed E-state index contributed by atoms with van der Waals surface area (Å²) in [4.78, 5) is 15.7. The lowest BCUT2D eigenvalue weighted by Gasteiger charge is -2.11. The lowest BCUT2D eigenvalue weighted by molar-refractivity contribution is 0.0975. The average molecular weight is 394 g/mol. The number of halogens is 2. The van der Waals surface area contributed by atoms with Gasteiger partial charge in [0.2, 0.25) is 0 Å². The van der Waals surface area contributed by atoms with Gasteiger partial charge in [-0.05, 0) is 36.8 Å². The van der Waals surface area contributed by atoms with Crippen molar-refractivity contribution < 1.29 is 17.6 Å². The summed E-state index contributed by atoms with van der Waals surface area (Å²) in [5, 5.41) is 0.354. The van der Waals surface area contributed by atoms with Crippen LogP contribution < -0.4 is 4.72 Å². The van der Waals surface area contributed by atoms with Crippen molar-refractivity contribution in [3.8, 4) is 5.69 Å². The molecule has 6 nitrogen and oxygen atoms in total. The molecule has 0 fully saturated rings. The van der Waals surface area contributed by atoms with Gasteiger partial charge in [-0.2, -0.15) is 0 Å². The number of rotatable bonds is 4. The van der Waals surface area contributed by atoms with Crippen molar-refractivity contribution in [2.75, 3.05) is 0 Å². The van der Waals surface area contributed by atoms with Crippen LogP contribution in [0.25, 0.3) is 5.69 Å². The fourth-order valence-corrected chi connectivity index (χ4v) is 3.60. The predicted octanol–water partition coefficient (Wildman–Crippen LogP) is 3.09. The molecule has 1 aromatic heterocycles. The number of carbonyl (C=O) groups is 1. The fourth-order valence-electron chi connectivity index (χ4n) is 2.36. The average Bonchev–Trinajstić information content (AvgIpc) is 3.04. The smallest absolute Gasteiger partial charge is 0.283 e. The molecule has 3 aromatic rings. The second-order valence-corrected chi connectivity index (χ2v) is 7.53. The molecule has 2 aromatic carbocycles. The van der Waals surface area contributed by atoms with E-state index < -0.39 is 26.6 Å². The molecule has 0 aliphatic heterocycles. The minimum atomic E-state index is -4.39. The van der Waals surface area contributed by atoms with Crippen LogP contribution >= 0.6 is 11.6 Å². The maximum absolute atomic E-state index is 14.0. The van der Waals surface area contributed by atoms with Gasteiger partial charge in [0.15, 0.2) is 0 Å². The van der Waals surface area contributed by atoms with Crippen molar-refractivity contribution >= 4 is 27.5 Å². The molecule has 0 saturated heterocycles. The van der Waals surface area contributed by atoms with E-state index in [1.54, 1.807) is 31.2 Å². The first-order valence-electron chi connectivity index (χ1n) is 7.40. The van der Waals surface area contributed by atoms with Crippen molar-refractivity contribution in [2.45, 2.75) is 11.8 Å². The van der Waals surface area contributed by atoms with Crippen LogP contribution in [0.2, 0.25) is 5.02 Å². The Balaban J connectivity index is 1.95. The first-order chi connectivity index (χ1) is 12.3. The highest BCUT2D eigenvalue weighted by molar-refractivity contribution is 7.90. The Morgan fingerprint density at radius 3 is 2.65 bits per heavy atom. The summed E-state index contributed by atoms with van der Waals surface area (Å²) in [6.45, 7) is 1.63. The molecule has 0 aliphatic carbocycles. The zero-order valence-corrected chi connectivity index (χ0v) is 15.1. The monoisotopic (exact) mass is 393 g/mol. The number of aromatic nitrogens is 2. The van der Waals surface area contributed by atoms with Crippen molar-refractivity contribution in [2.24, 2.45) is 0 Å². The van der Waals surface area contributed by atoms with E-state index in [0.29, 0.717) is 16.3 Å². The van der Waals surface area contributed by atoms with Crippen LogP contribution in [0.1, 0.15) is 16.1 Å². The van der Waals surface area contributed by atoms with E-state index in [0.717, 1.165) is 12.1 Å². The minimum Gasteiger partial charge on any atom is -0.293 e. The zero-order valence-electron chi connectivity index (χ0n) is 13.5. The highest BCUT2D eigenvalue weighted by atomic mass is 35.5. The largest absolute Gasteiger partial charge is 0.293 e. The molecule has 0 radical (unpaired) electrons. The number of para-hydroxylation sites is 1. The van der Waals surface area contributed by atoms with Gasteiger partial charge < -0.3 is 0 Å². The molecule has 1 heterocycles. The van der Waals surface area contributed by atoms with E-state index >= 15 is 0 Å². The minimum absolute atomic E-state index is 0.0609. The Labute approximate surface area is 154 Å². The third-order valence-corrected chi connectivity index (χ3v) is 5.27. The van der Waals surface area contributed by atoms with Gasteiger partial charge in [0.1, 0.15) is 16.4 Å². The van der Waals surface area contributed by atoms with Crippen molar-refractivity contribution in [1.82, 2.24) is 14.3 Å². The van der Waals surface area contributed by atoms with Gasteiger partial charge in [0.25, 0.3) is 15.9 Å². The number of benzene rings is 2. The number of carbonyl (C=O) groups excluding carboxylic acids is 1. The van der Waals surface area contributed by atoms with Crippen molar-refractivity contribution in [1.29, 1.82) is 0 Å². The SMILES string of the molecule is Cc1ccc(S(=O)(=O)NC(=O)c2cncn2-c2ccccc2Cl)c(F)c1. The molecule has 1 amide bonds. The molecule has 0 aliphatic rings. The zero-order chi connectivity index (χ0) is 18.9. The second-order valence-electron chi connectivity index (χ2n) is 5.47. The molecule has 0 unspecified atom stereocenters. The van der Waals surface area contributed by atoms with Crippen LogP contribution in [0, 0.1) is 12.7 Å². The molecular formula is C17H13ClFN3O3S. The van der Waals surface area contributed by atoms with Crippen LogP contribution in [-0.4, -0.2) is 23.9 Å². The molecule has 0 saturated carbocycles. The highest BCUT2D eigenvalue weighted by Crippen LogP contribution is 2.22. The normalized spacial score (nSPS) is 11.3. The van der Waals surface area contributed by atoms with Crippen LogP contribution in [0.5, 0.6) is 0 Å². The van der Waals surface area contributed by atoms with E-state index in [2.05, 4.69) is 4.98 Å². The number of hydrogen-bond acceptors (Lipinski definition) is 4. The van der Waals surface area contributed by atoms with E-state index in [1.165, 1.54) is 23.2 Å². The van der Waals surface area contributed by atoms with Crippen LogP contribution in [-0.2, 0) is 10.0 Å². The number of nitrogens with one attached hydrogen (secondary N) is 1. The number of imidazole rings is 1. The third-order valence-electron chi connectivity index (χ3n) is 3.59. The molecule has 0 bridgehead atoms. The van der Waals surface area contributed by atoms with Crippen molar-refractivity contribution in [3.05, 3.63) is 77.1 Å². The molecule has 3 rings (SSSR count). The first-order valence-corrected chi connectivity index (χ1v) is 9.26. The molecule has 0 spiro atoms. The summed E-state index contributed by atoms with van der Waals surface area (Å²) in [6, 6.07) is 10.3. The summed E-state index contributed by atoms with van der Waals surface area (Å²) in [5.74, 6) is -1.90. The molecule has 26 heavy (non-hydrogen) atoms. The Hall–Kier alpha value is -2.71. The van der Waals surface area contributed by atoms with Gasteiger partial charge in [-0.15, -0.1) is 0 Å². The lowest BCUT2D eigenvalue weighted by atomic mass is 10.2. The summed E-state index contributed by atoms with van der Waals surface area (Å²) in [6.07, 6.45) is 2.52. The number of sulfonamides is 1. The standard InChI is InChI=1S/C17H13ClFN3O3S/c1-11-6-7-16(13(19)8-11)26(24,25)21-17(23)15-9-20-10-22(15)14-5-3-2-4-12(14)18/h2-10H,1H3,(H,21,23). The highest BCUT2D eigenvalue weighted by Gasteiger charge is 2.24. The van der Waals surface area contributed by atoms with Gasteiger partial charge in [0.05, 0.1) is 23.2 Å². The number of amides is 1. The fraction of sp³-hybridized carbons (Fsp3) is 0.0588. The number of aryl methyl sites for hydroxylation is 1. The van der Waals surface area contributed by atoms with Crippen LogP contribution in [0.3, 0.4) is 0 Å². The first kappa shape index (κ1) is 18.1. The van der Waals surface area contributed by atoms with Crippen molar-refractivity contribution in [3.63, 3.8) is 0 Å². The Kier molecular flexibility index (Phi) is 4.80. The Bertz CT molecular complexity index is 1100. The maximum Gasteiger partial charge on any atom is 0.283 e. The van der Waals surface area contributed by atoms with Gasteiger partial charge in [-0.3, -0.25) is 9.36 Å². The van der Waals surface area contributed by atoms with Gasteiger partial charge >= 0.3 is 0 Å². The molecule has 1 N–H and O–H groups in total. The molecule has 9 heteroatoms. The Morgan fingerprint density at radius 2 is 1.96 bits per heavy atom. The molecule has 134 valence electrons. The quantitative estimate of drug-likeness (QED) is 0.738. The summed E-state index contributed by atoms with van der Waals surface area (Å²) < 4.78 is 41.9. The van der Waals surface area contributed by atoms with Gasteiger partial charge in [0, 0.05) is 0 Å². The summed E-state index contributed by atoms with van der Waals surface area (Å²) in [5.41, 5.74) is 0.953. The number of hydrogen-bond donors (Lipinski definition) is 1. The van der Waals surface area contributed by atoms with E-state index in [1.807, 2.05) is 4.72 Å². The van der Waals surface area contributed by atoms with E-state index in [-0.39, 0.29) is 5.69 Å². The topological polar surface area (TPSA) is 81.1 Å². The third kappa shape index (κ3) is 3.47. The Morgan fingerprint density at radius 1 is 1.23 bits per heavy atom. The van der Waals surface area contributed by atoms with Crippen LogP contribution in [0.4, 0.5) is 4.39 Å². The maximum atomic E-state index is 14.0. The second kappa shape index (κ2) is 6.89. The summed E-state index contributed by atoms with van der Waals surface area (Å²) in [7, 11) is -4.39. The van der Waals surface area contributed by atoms with Gasteiger partial charge in [-0.1, -0.05) is 29.8 Å². The van der Waals surface area contributed by atoms with Crippen LogP contribution in [0.15, 0.2) is 59.9 Å². The predicted molar refractivity (Wildman–Crippen MR) is 94.4 cm³/mol. The number of nitrogens with zero attached hydrogens (tertiary/aromatic N) is 2. The van der Waals surface area contributed by atoms with E-state index in [9.17, 15) is 17.6 Å².